The van der Waals surface area contributed by atoms with Crippen molar-refractivity contribution in [3.05, 3.63) is 33.8 Å². The second-order valence-corrected chi connectivity index (χ2v) is 3.97. The Kier molecular flexibility index (Phi) is 4.01. The minimum atomic E-state index is -1.65. The molecule has 1 aromatic carbocycles. The van der Waals surface area contributed by atoms with Crippen LogP contribution in [0.4, 0.5) is 0 Å². The molecule has 0 aliphatic rings. The molecule has 0 saturated heterocycles. The van der Waals surface area contributed by atoms with Crippen molar-refractivity contribution in [1.29, 1.82) is 5.26 Å². The van der Waals surface area contributed by atoms with Crippen molar-refractivity contribution in [2.75, 3.05) is 0 Å². The average Bonchev–Trinajstić information content (AvgIpc) is 2.26. The number of carbonyl (C=O) groups is 1. The molecule has 0 fully saturated rings. The standard InChI is InChI=1S/C10H8BrNO4/c11-5-1-2-6(7(3-5)10(15)16)9(14)8(13)4-12/h1-3,8-9,13-14H,(H,15,16). The summed E-state index contributed by atoms with van der Waals surface area (Å²) >= 11 is 3.10. The third-order valence-corrected chi connectivity index (χ3v) is 2.49. The molecule has 0 bridgehead atoms. The van der Waals surface area contributed by atoms with Crippen LogP contribution in [-0.2, 0) is 0 Å². The molecule has 2 atom stereocenters. The summed E-state index contributed by atoms with van der Waals surface area (Å²) in [6.45, 7) is 0. The van der Waals surface area contributed by atoms with Gasteiger partial charge in [-0.15, -0.1) is 0 Å². The summed E-state index contributed by atoms with van der Waals surface area (Å²) in [5, 5.41) is 36.0. The van der Waals surface area contributed by atoms with Gasteiger partial charge >= 0.3 is 5.97 Å². The molecule has 0 aliphatic heterocycles. The summed E-state index contributed by atoms with van der Waals surface area (Å²) in [7, 11) is 0. The van der Waals surface area contributed by atoms with E-state index in [9.17, 15) is 9.90 Å². The van der Waals surface area contributed by atoms with E-state index in [1.165, 1.54) is 24.3 Å². The zero-order chi connectivity index (χ0) is 12.3. The smallest absolute Gasteiger partial charge is 0.336 e. The maximum atomic E-state index is 10.9. The van der Waals surface area contributed by atoms with Gasteiger partial charge in [0.15, 0.2) is 6.10 Å². The van der Waals surface area contributed by atoms with E-state index in [1.54, 1.807) is 0 Å². The zero-order valence-electron chi connectivity index (χ0n) is 7.96. The van der Waals surface area contributed by atoms with Gasteiger partial charge in [0.1, 0.15) is 6.10 Å². The molecule has 0 amide bonds. The van der Waals surface area contributed by atoms with Gasteiger partial charge in [-0.1, -0.05) is 22.0 Å². The molecule has 3 N–H and O–H groups in total. The van der Waals surface area contributed by atoms with Crippen molar-refractivity contribution in [1.82, 2.24) is 0 Å². The molecule has 0 heterocycles. The second kappa shape index (κ2) is 5.07. The topological polar surface area (TPSA) is 102 Å². The van der Waals surface area contributed by atoms with Crippen molar-refractivity contribution >= 4 is 21.9 Å². The van der Waals surface area contributed by atoms with Gasteiger partial charge in [0, 0.05) is 4.47 Å². The van der Waals surface area contributed by atoms with Gasteiger partial charge in [-0.3, -0.25) is 0 Å². The Balaban J connectivity index is 3.23. The first-order valence-electron chi connectivity index (χ1n) is 4.26. The molecular weight excluding hydrogens is 278 g/mol. The highest BCUT2D eigenvalue weighted by atomic mass is 79.9. The first-order valence-corrected chi connectivity index (χ1v) is 5.05. The lowest BCUT2D eigenvalue weighted by atomic mass is 9.99. The van der Waals surface area contributed by atoms with Crippen LogP contribution >= 0.6 is 15.9 Å². The molecule has 1 aromatic rings. The first kappa shape index (κ1) is 12.6. The Bertz CT molecular complexity index is 455. The summed E-state index contributed by atoms with van der Waals surface area (Å²) in [5.41, 5.74) is -0.152. The number of aliphatic hydroxyl groups excluding tert-OH is 2. The quantitative estimate of drug-likeness (QED) is 0.721. The average molecular weight is 286 g/mol. The number of aliphatic hydroxyl groups is 2. The molecule has 0 saturated carbocycles. The van der Waals surface area contributed by atoms with Gasteiger partial charge < -0.3 is 15.3 Å². The molecular formula is C10H8BrNO4. The number of rotatable bonds is 3. The predicted molar refractivity (Wildman–Crippen MR) is 57.7 cm³/mol. The van der Waals surface area contributed by atoms with Crippen LogP contribution in [0.3, 0.4) is 0 Å². The summed E-state index contributed by atoms with van der Waals surface area (Å²) in [5.74, 6) is -1.24. The lowest BCUT2D eigenvalue weighted by Crippen LogP contribution is -2.18. The number of aromatic carboxylic acids is 1. The van der Waals surface area contributed by atoms with Crippen LogP contribution < -0.4 is 0 Å². The van der Waals surface area contributed by atoms with E-state index in [1.807, 2.05) is 0 Å². The molecule has 0 aliphatic carbocycles. The normalized spacial score (nSPS) is 13.9. The minimum Gasteiger partial charge on any atom is -0.478 e. The van der Waals surface area contributed by atoms with Gasteiger partial charge in [-0.2, -0.15) is 5.26 Å². The summed E-state index contributed by atoms with van der Waals surface area (Å²) in [4.78, 5) is 10.9. The van der Waals surface area contributed by atoms with Crippen LogP contribution in [0.1, 0.15) is 22.0 Å². The van der Waals surface area contributed by atoms with Gasteiger partial charge in [-0.25, -0.2) is 4.79 Å². The highest BCUT2D eigenvalue weighted by Crippen LogP contribution is 2.24. The van der Waals surface area contributed by atoms with Crippen LogP contribution in [0.5, 0.6) is 0 Å². The fourth-order valence-corrected chi connectivity index (χ4v) is 1.57. The molecule has 6 heteroatoms. The van der Waals surface area contributed by atoms with Crippen LogP contribution in [-0.4, -0.2) is 27.4 Å². The molecule has 0 aromatic heterocycles. The van der Waals surface area contributed by atoms with Crippen LogP contribution in [0.15, 0.2) is 22.7 Å². The van der Waals surface area contributed by atoms with E-state index < -0.39 is 18.2 Å². The maximum absolute atomic E-state index is 10.9. The molecule has 0 spiro atoms. The number of benzene rings is 1. The highest BCUT2D eigenvalue weighted by Gasteiger charge is 2.23. The number of carboxylic acids is 1. The summed E-state index contributed by atoms with van der Waals surface area (Å²) in [6, 6.07) is 5.61. The molecule has 1 rings (SSSR count). The van der Waals surface area contributed by atoms with Crippen LogP contribution in [0, 0.1) is 11.3 Å². The van der Waals surface area contributed by atoms with Gasteiger partial charge in [0.25, 0.3) is 0 Å². The molecule has 0 radical (unpaired) electrons. The summed E-state index contributed by atoms with van der Waals surface area (Å²) < 4.78 is 0.535. The fourth-order valence-electron chi connectivity index (χ4n) is 1.21. The Morgan fingerprint density at radius 3 is 2.56 bits per heavy atom. The Labute approximate surface area is 99.7 Å². The van der Waals surface area contributed by atoms with Gasteiger partial charge in [0.05, 0.1) is 11.6 Å². The third kappa shape index (κ3) is 2.58. The van der Waals surface area contributed by atoms with Crippen molar-refractivity contribution in [3.8, 4) is 6.07 Å². The van der Waals surface area contributed by atoms with E-state index in [2.05, 4.69) is 15.9 Å². The first-order chi connectivity index (χ1) is 7.47. The predicted octanol–water partition coefficient (Wildman–Crippen LogP) is 1.07. The van der Waals surface area contributed by atoms with E-state index in [4.69, 9.17) is 15.5 Å². The maximum Gasteiger partial charge on any atom is 0.336 e. The SMILES string of the molecule is N#CC(O)C(O)c1ccc(Br)cc1C(=O)O. The zero-order valence-corrected chi connectivity index (χ0v) is 9.55. The molecule has 2 unspecified atom stereocenters. The Hall–Kier alpha value is -1.42. The lowest BCUT2D eigenvalue weighted by Gasteiger charge is -2.14. The van der Waals surface area contributed by atoms with Crippen molar-refractivity contribution < 1.29 is 20.1 Å². The van der Waals surface area contributed by atoms with Gasteiger partial charge in [-0.05, 0) is 17.7 Å². The molecule has 84 valence electrons. The van der Waals surface area contributed by atoms with Crippen molar-refractivity contribution in [2.45, 2.75) is 12.2 Å². The van der Waals surface area contributed by atoms with E-state index in [-0.39, 0.29) is 11.1 Å². The van der Waals surface area contributed by atoms with Crippen molar-refractivity contribution in [3.63, 3.8) is 0 Å². The van der Waals surface area contributed by atoms with Crippen LogP contribution in [0.2, 0.25) is 0 Å². The van der Waals surface area contributed by atoms with E-state index >= 15 is 0 Å². The number of hydrogen-bond acceptors (Lipinski definition) is 4. The van der Waals surface area contributed by atoms with Crippen LogP contribution in [0.25, 0.3) is 0 Å². The summed E-state index contributed by atoms with van der Waals surface area (Å²) in [6.07, 6.45) is -3.19. The number of hydrogen-bond donors (Lipinski definition) is 3. The number of carboxylic acid groups (broad SMARTS) is 1. The number of nitrogens with zero attached hydrogens (tertiary/aromatic N) is 1. The minimum absolute atomic E-state index is 0.00440. The third-order valence-electron chi connectivity index (χ3n) is 2.00. The second-order valence-electron chi connectivity index (χ2n) is 3.06. The molecule has 5 nitrogen and oxygen atoms in total. The molecule has 16 heavy (non-hydrogen) atoms. The lowest BCUT2D eigenvalue weighted by molar-refractivity contribution is 0.0498. The largest absolute Gasteiger partial charge is 0.478 e. The van der Waals surface area contributed by atoms with E-state index in [0.717, 1.165) is 0 Å². The number of halogens is 1. The fraction of sp³-hybridized carbons (Fsp3) is 0.200. The van der Waals surface area contributed by atoms with Crippen molar-refractivity contribution in [2.24, 2.45) is 0 Å². The Morgan fingerprint density at radius 1 is 1.44 bits per heavy atom. The monoisotopic (exact) mass is 285 g/mol. The van der Waals surface area contributed by atoms with Gasteiger partial charge in [0.2, 0.25) is 0 Å². The highest BCUT2D eigenvalue weighted by molar-refractivity contribution is 9.10. The Morgan fingerprint density at radius 2 is 2.06 bits per heavy atom. The van der Waals surface area contributed by atoms with E-state index in [0.29, 0.717) is 4.47 Å². The number of nitriles is 1.